The van der Waals surface area contributed by atoms with E-state index in [1.165, 1.54) is 0 Å². The maximum absolute atomic E-state index is 11.2. The second-order valence-electron chi connectivity index (χ2n) is 7.50. The lowest BCUT2D eigenvalue weighted by atomic mass is 9.93. The van der Waals surface area contributed by atoms with Gasteiger partial charge in [-0.05, 0) is 69.2 Å². The Bertz CT molecular complexity index is 916. The first-order valence-electron chi connectivity index (χ1n) is 11.3. The van der Waals surface area contributed by atoms with Crippen molar-refractivity contribution in [2.45, 2.75) is 52.2 Å². The lowest BCUT2D eigenvalue weighted by Gasteiger charge is -2.28. The summed E-state index contributed by atoms with van der Waals surface area (Å²) in [5.41, 5.74) is 1.07. The Kier molecular flexibility index (Phi) is 10.8. The monoisotopic (exact) mass is 454 g/mol. The number of hydrogen-bond acceptors (Lipinski definition) is 5. The summed E-state index contributed by atoms with van der Waals surface area (Å²) in [6.07, 6.45) is 7.82. The summed E-state index contributed by atoms with van der Waals surface area (Å²) in [5, 5.41) is 9.21. The Morgan fingerprint density at radius 2 is 1.91 bits per heavy atom. The fraction of sp³-hybridized carbons (Fsp3) is 0.444. The fourth-order valence-corrected chi connectivity index (χ4v) is 3.32. The van der Waals surface area contributed by atoms with E-state index in [0.717, 1.165) is 16.9 Å². The van der Waals surface area contributed by atoms with Crippen molar-refractivity contribution in [3.8, 4) is 17.6 Å². The second kappa shape index (κ2) is 13.5. The Morgan fingerprint density at radius 1 is 1.15 bits per heavy atom. The number of rotatable bonds is 12. The second-order valence-corrected chi connectivity index (χ2v) is 7.50. The first-order valence-corrected chi connectivity index (χ1v) is 11.3. The number of hydrogen-bond donors (Lipinski definition) is 1. The van der Waals surface area contributed by atoms with E-state index in [-0.39, 0.29) is 0 Å². The van der Waals surface area contributed by atoms with E-state index in [0.29, 0.717) is 45.0 Å². The van der Waals surface area contributed by atoms with E-state index in [9.17, 15) is 9.90 Å². The summed E-state index contributed by atoms with van der Waals surface area (Å²) >= 11 is 0. The number of ether oxygens (including phenoxy) is 4. The molecule has 0 radical (unpaired) electrons. The zero-order valence-electron chi connectivity index (χ0n) is 19.9. The Morgan fingerprint density at radius 3 is 2.55 bits per heavy atom. The number of allylic oxidation sites excluding steroid dienone is 3. The molecule has 0 amide bonds. The van der Waals surface area contributed by atoms with Crippen LogP contribution in [0.25, 0.3) is 0 Å². The largest absolute Gasteiger partial charge is 0.498 e. The Balaban J connectivity index is 1.94. The molecule has 0 saturated heterocycles. The Hall–Kier alpha value is -3.01. The molecule has 1 aliphatic rings. The summed E-state index contributed by atoms with van der Waals surface area (Å²) < 4.78 is 22.6. The maximum Gasteiger partial charge on any atom is 0.333 e. The lowest BCUT2D eigenvalue weighted by molar-refractivity contribution is -0.149. The van der Waals surface area contributed by atoms with Gasteiger partial charge in [-0.3, -0.25) is 0 Å². The molecule has 178 valence electrons. The van der Waals surface area contributed by atoms with Crippen LogP contribution in [0.2, 0.25) is 0 Å². The normalized spacial score (nSPS) is 18.7. The summed E-state index contributed by atoms with van der Waals surface area (Å²) in [6, 6.07) is 7.36. The minimum atomic E-state index is -0.959. The number of carboxylic acid groups (broad SMARTS) is 1. The molecule has 1 aliphatic carbocycles. The predicted octanol–water partition coefficient (Wildman–Crippen LogP) is 4.70. The fourth-order valence-electron chi connectivity index (χ4n) is 3.32. The third-order valence-corrected chi connectivity index (χ3v) is 4.91. The van der Waals surface area contributed by atoms with E-state index in [4.69, 9.17) is 18.9 Å². The van der Waals surface area contributed by atoms with Crippen LogP contribution in [-0.4, -0.2) is 49.2 Å². The van der Waals surface area contributed by atoms with E-state index >= 15 is 0 Å². The molecule has 0 spiro atoms. The van der Waals surface area contributed by atoms with Crippen molar-refractivity contribution >= 4 is 5.97 Å². The first-order chi connectivity index (χ1) is 15.9. The van der Waals surface area contributed by atoms with Gasteiger partial charge in [0.1, 0.15) is 18.1 Å². The van der Waals surface area contributed by atoms with Crippen molar-refractivity contribution in [1.29, 1.82) is 0 Å². The zero-order valence-corrected chi connectivity index (χ0v) is 19.9. The van der Waals surface area contributed by atoms with Crippen molar-refractivity contribution in [2.75, 3.05) is 26.4 Å². The first kappa shape index (κ1) is 26.2. The highest BCUT2D eigenvalue weighted by atomic mass is 16.5. The molecule has 0 fully saturated rings. The summed E-state index contributed by atoms with van der Waals surface area (Å²) in [5.74, 6) is 7.05. The number of carbonyl (C=O) groups is 1. The molecule has 6 nitrogen and oxygen atoms in total. The van der Waals surface area contributed by atoms with Crippen molar-refractivity contribution in [3.05, 3.63) is 65.5 Å². The maximum atomic E-state index is 11.2. The van der Waals surface area contributed by atoms with Gasteiger partial charge in [-0.2, -0.15) is 0 Å². The smallest absolute Gasteiger partial charge is 0.333 e. The van der Waals surface area contributed by atoms with Gasteiger partial charge in [0.15, 0.2) is 11.7 Å². The molecule has 0 bridgehead atoms. The van der Waals surface area contributed by atoms with Crippen LogP contribution in [0.3, 0.4) is 0 Å². The van der Waals surface area contributed by atoms with E-state index in [1.807, 2.05) is 69.3 Å². The quantitative estimate of drug-likeness (QED) is 0.462. The molecule has 33 heavy (non-hydrogen) atoms. The van der Waals surface area contributed by atoms with E-state index < -0.39 is 17.7 Å². The zero-order chi connectivity index (χ0) is 24.1. The molecule has 0 saturated carbocycles. The van der Waals surface area contributed by atoms with Gasteiger partial charge >= 0.3 is 5.97 Å². The molecule has 1 unspecified atom stereocenters. The average Bonchev–Trinajstić information content (AvgIpc) is 2.79. The van der Waals surface area contributed by atoms with Crippen LogP contribution in [-0.2, 0) is 25.4 Å². The third-order valence-electron chi connectivity index (χ3n) is 4.91. The van der Waals surface area contributed by atoms with Crippen LogP contribution in [0, 0.1) is 11.8 Å². The van der Waals surface area contributed by atoms with Gasteiger partial charge in [0.05, 0.1) is 6.61 Å². The molecule has 1 N–H and O–H groups in total. The summed E-state index contributed by atoms with van der Waals surface area (Å²) in [4.78, 5) is 11.2. The summed E-state index contributed by atoms with van der Waals surface area (Å²) in [6.45, 7) is 9.53. The van der Waals surface area contributed by atoms with Crippen LogP contribution < -0.4 is 4.74 Å². The van der Waals surface area contributed by atoms with Gasteiger partial charge in [0.2, 0.25) is 0 Å². The van der Waals surface area contributed by atoms with Crippen molar-refractivity contribution in [1.82, 2.24) is 0 Å². The standard InChI is InChI=1S/C27H34O6/c1-5-30-24-9-8-16-27(20-24,33-7-3)17-14-21(4)15-18-32-23-12-10-22(11-13-23)19-25(26(28)29)31-6-2/h8-13,15-16,25H,5-7,18-20H2,1-4H3,(H,28,29)/b21-15+/t25-,27?/m0/s1. The molecule has 0 heterocycles. The molecular formula is C27H34O6. The predicted molar refractivity (Wildman–Crippen MR) is 128 cm³/mol. The highest BCUT2D eigenvalue weighted by Gasteiger charge is 2.29. The molecule has 6 heteroatoms. The lowest BCUT2D eigenvalue weighted by Crippen LogP contribution is -2.31. The van der Waals surface area contributed by atoms with Crippen LogP contribution in [0.5, 0.6) is 5.75 Å². The molecule has 0 aliphatic heterocycles. The molecule has 1 aromatic carbocycles. The summed E-state index contributed by atoms with van der Waals surface area (Å²) in [7, 11) is 0. The van der Waals surface area contributed by atoms with Crippen molar-refractivity contribution < 1.29 is 28.8 Å². The number of benzene rings is 1. The number of aliphatic carboxylic acids is 1. The average molecular weight is 455 g/mol. The van der Waals surface area contributed by atoms with Gasteiger partial charge in [-0.15, -0.1) is 0 Å². The highest BCUT2D eigenvalue weighted by Crippen LogP contribution is 2.27. The molecule has 0 aromatic heterocycles. The van der Waals surface area contributed by atoms with Gasteiger partial charge in [-0.1, -0.05) is 30.0 Å². The van der Waals surface area contributed by atoms with Gasteiger partial charge in [0, 0.05) is 26.1 Å². The van der Waals surface area contributed by atoms with Gasteiger partial charge in [-0.25, -0.2) is 4.79 Å². The minimum absolute atomic E-state index is 0.314. The van der Waals surface area contributed by atoms with Crippen molar-refractivity contribution in [3.63, 3.8) is 0 Å². The van der Waals surface area contributed by atoms with E-state index in [2.05, 4.69) is 11.8 Å². The SMILES string of the molecule is CCOC1=CC=CC(C#C/C(C)=C/COc2ccc(C[C@H](OCC)C(=O)O)cc2)(OCC)C1. The van der Waals surface area contributed by atoms with Gasteiger partial charge in [0.25, 0.3) is 0 Å². The van der Waals surface area contributed by atoms with E-state index in [1.54, 1.807) is 6.92 Å². The van der Waals surface area contributed by atoms with Crippen molar-refractivity contribution in [2.24, 2.45) is 0 Å². The molecule has 2 atom stereocenters. The third kappa shape index (κ3) is 8.80. The topological polar surface area (TPSA) is 74.2 Å². The minimum Gasteiger partial charge on any atom is -0.498 e. The molecular weight excluding hydrogens is 420 g/mol. The highest BCUT2D eigenvalue weighted by molar-refractivity contribution is 5.72. The molecule has 2 rings (SSSR count). The van der Waals surface area contributed by atoms with Crippen LogP contribution in [0.15, 0.2) is 59.9 Å². The molecule has 1 aromatic rings. The Labute approximate surface area is 196 Å². The number of carboxylic acids is 1. The van der Waals surface area contributed by atoms with Crippen LogP contribution in [0.1, 0.15) is 39.7 Å². The van der Waals surface area contributed by atoms with Gasteiger partial charge < -0.3 is 24.1 Å². The van der Waals surface area contributed by atoms with Crippen LogP contribution >= 0.6 is 0 Å². The van der Waals surface area contributed by atoms with Crippen LogP contribution in [0.4, 0.5) is 0 Å².